The molecule has 0 aliphatic heterocycles. The summed E-state index contributed by atoms with van der Waals surface area (Å²) in [6.07, 6.45) is 4.79. The Bertz CT molecular complexity index is 1030. The van der Waals surface area contributed by atoms with Crippen LogP contribution in [0.4, 0.5) is 0 Å². The summed E-state index contributed by atoms with van der Waals surface area (Å²) in [6.45, 7) is 0. The van der Waals surface area contributed by atoms with Gasteiger partial charge in [-0.25, -0.2) is 9.50 Å². The van der Waals surface area contributed by atoms with Gasteiger partial charge in [-0.15, -0.1) is 0 Å². The maximum absolute atomic E-state index is 12.6. The van der Waals surface area contributed by atoms with Gasteiger partial charge in [0.25, 0.3) is 5.56 Å². The van der Waals surface area contributed by atoms with E-state index in [9.17, 15) is 9.90 Å². The number of hydrogen-bond acceptors (Lipinski definition) is 4. The normalized spacial score (nSPS) is 11.2. The molecule has 0 atom stereocenters. The van der Waals surface area contributed by atoms with E-state index in [1.807, 2.05) is 0 Å². The van der Waals surface area contributed by atoms with E-state index in [-0.39, 0.29) is 11.3 Å². The van der Waals surface area contributed by atoms with Gasteiger partial charge in [0.2, 0.25) is 0 Å². The Kier molecular flexibility index (Phi) is 2.32. The smallest absolute Gasteiger partial charge is 0.266 e. The molecule has 102 valence electrons. The van der Waals surface area contributed by atoms with E-state index in [2.05, 4.69) is 10.1 Å². The Hall–Kier alpha value is -3.15. The SMILES string of the molecule is O=c1c2cnc3ccnn3c2ccn1-c1ccccc1O. The summed E-state index contributed by atoms with van der Waals surface area (Å²) in [4.78, 5) is 16.8. The van der Waals surface area contributed by atoms with Crippen LogP contribution in [0.2, 0.25) is 0 Å². The zero-order valence-electron chi connectivity index (χ0n) is 10.8. The predicted octanol–water partition coefficient (Wildman–Crippen LogP) is 1.74. The van der Waals surface area contributed by atoms with E-state index in [1.54, 1.807) is 53.3 Å². The molecule has 0 aliphatic carbocycles. The molecule has 0 amide bonds. The third-order valence-corrected chi connectivity index (χ3v) is 3.42. The molecule has 3 aromatic heterocycles. The summed E-state index contributed by atoms with van der Waals surface area (Å²) in [5, 5.41) is 14.5. The summed E-state index contributed by atoms with van der Waals surface area (Å²) in [7, 11) is 0. The van der Waals surface area contributed by atoms with Gasteiger partial charge in [0, 0.05) is 18.5 Å². The molecule has 0 bridgehead atoms. The maximum Gasteiger partial charge on any atom is 0.266 e. The quantitative estimate of drug-likeness (QED) is 0.575. The molecule has 0 saturated carbocycles. The van der Waals surface area contributed by atoms with Crippen LogP contribution >= 0.6 is 0 Å². The number of aromatic hydroxyl groups is 1. The molecule has 4 aromatic rings. The number of phenols is 1. The number of fused-ring (bicyclic) bond motifs is 3. The topological polar surface area (TPSA) is 72.4 Å². The Labute approximate surface area is 118 Å². The lowest BCUT2D eigenvalue weighted by Crippen LogP contribution is -2.18. The zero-order valence-corrected chi connectivity index (χ0v) is 10.8. The molecular weight excluding hydrogens is 268 g/mol. The first-order valence-electron chi connectivity index (χ1n) is 6.38. The van der Waals surface area contributed by atoms with Gasteiger partial charge in [0.15, 0.2) is 5.65 Å². The Morgan fingerprint density at radius 1 is 1.10 bits per heavy atom. The number of rotatable bonds is 1. The third kappa shape index (κ3) is 1.62. The molecule has 21 heavy (non-hydrogen) atoms. The lowest BCUT2D eigenvalue weighted by atomic mass is 10.2. The van der Waals surface area contributed by atoms with Crippen LogP contribution in [0.15, 0.2) is 59.8 Å². The molecule has 6 heteroatoms. The molecule has 0 fully saturated rings. The fraction of sp³-hybridized carbons (Fsp3) is 0. The standard InChI is InChI=1S/C15H10N4O2/c20-13-4-2-1-3-12(13)18-8-6-11-10(15(18)21)9-16-14-5-7-17-19(11)14/h1-9,20H. The first kappa shape index (κ1) is 11.7. The van der Waals surface area contributed by atoms with Crippen molar-refractivity contribution in [2.24, 2.45) is 0 Å². The molecule has 3 heterocycles. The van der Waals surface area contributed by atoms with E-state index < -0.39 is 0 Å². The van der Waals surface area contributed by atoms with Crippen LogP contribution < -0.4 is 5.56 Å². The number of aromatic nitrogens is 4. The van der Waals surface area contributed by atoms with Crippen molar-refractivity contribution in [3.8, 4) is 11.4 Å². The van der Waals surface area contributed by atoms with Gasteiger partial charge in [-0.1, -0.05) is 12.1 Å². The number of pyridine rings is 1. The van der Waals surface area contributed by atoms with Crippen LogP contribution in [0.25, 0.3) is 22.2 Å². The van der Waals surface area contributed by atoms with Crippen molar-refractivity contribution in [3.63, 3.8) is 0 Å². The molecule has 1 aromatic carbocycles. The van der Waals surface area contributed by atoms with E-state index in [0.717, 1.165) is 0 Å². The van der Waals surface area contributed by atoms with Gasteiger partial charge in [0.05, 0.1) is 22.8 Å². The molecule has 6 nitrogen and oxygen atoms in total. The monoisotopic (exact) mass is 278 g/mol. The van der Waals surface area contributed by atoms with Crippen molar-refractivity contribution in [2.75, 3.05) is 0 Å². The summed E-state index contributed by atoms with van der Waals surface area (Å²) in [5.41, 5.74) is 1.55. The van der Waals surface area contributed by atoms with Crippen molar-refractivity contribution in [2.45, 2.75) is 0 Å². The first-order valence-corrected chi connectivity index (χ1v) is 6.38. The Morgan fingerprint density at radius 3 is 2.81 bits per heavy atom. The highest BCUT2D eigenvalue weighted by atomic mass is 16.3. The molecule has 0 spiro atoms. The van der Waals surface area contributed by atoms with E-state index >= 15 is 0 Å². The number of nitrogens with zero attached hydrogens (tertiary/aromatic N) is 4. The van der Waals surface area contributed by atoms with Crippen LogP contribution in [-0.4, -0.2) is 24.3 Å². The van der Waals surface area contributed by atoms with Gasteiger partial charge < -0.3 is 5.11 Å². The van der Waals surface area contributed by atoms with Crippen LogP contribution in [0.5, 0.6) is 5.75 Å². The van der Waals surface area contributed by atoms with Crippen LogP contribution in [0.1, 0.15) is 0 Å². The highest BCUT2D eigenvalue weighted by Gasteiger charge is 2.10. The van der Waals surface area contributed by atoms with Crippen LogP contribution in [-0.2, 0) is 0 Å². The van der Waals surface area contributed by atoms with Gasteiger partial charge in [-0.05, 0) is 18.2 Å². The molecule has 1 N–H and O–H groups in total. The van der Waals surface area contributed by atoms with Crippen molar-refractivity contribution in [3.05, 3.63) is 65.3 Å². The van der Waals surface area contributed by atoms with E-state index in [4.69, 9.17) is 0 Å². The van der Waals surface area contributed by atoms with Crippen molar-refractivity contribution >= 4 is 16.6 Å². The molecular formula is C15H10N4O2. The lowest BCUT2D eigenvalue weighted by Gasteiger charge is -2.09. The van der Waals surface area contributed by atoms with Crippen LogP contribution in [0.3, 0.4) is 0 Å². The van der Waals surface area contributed by atoms with Crippen molar-refractivity contribution in [1.29, 1.82) is 0 Å². The molecule has 4 rings (SSSR count). The van der Waals surface area contributed by atoms with Crippen molar-refractivity contribution in [1.82, 2.24) is 19.2 Å². The highest BCUT2D eigenvalue weighted by Crippen LogP contribution is 2.20. The summed E-state index contributed by atoms with van der Waals surface area (Å²) >= 11 is 0. The Balaban J connectivity index is 2.10. The minimum absolute atomic E-state index is 0.0482. The molecule has 0 saturated heterocycles. The van der Waals surface area contributed by atoms with Gasteiger partial charge >= 0.3 is 0 Å². The van der Waals surface area contributed by atoms with Gasteiger partial charge in [0.1, 0.15) is 5.75 Å². The maximum atomic E-state index is 12.6. The average Bonchev–Trinajstić information content (AvgIpc) is 2.97. The largest absolute Gasteiger partial charge is 0.506 e. The first-order chi connectivity index (χ1) is 10.3. The summed E-state index contributed by atoms with van der Waals surface area (Å²) in [5.74, 6) is 0.0482. The molecule has 0 unspecified atom stereocenters. The lowest BCUT2D eigenvalue weighted by molar-refractivity contribution is 0.472. The number of phenolic OH excluding ortho intramolecular Hbond substituents is 1. The van der Waals surface area contributed by atoms with Crippen molar-refractivity contribution < 1.29 is 5.11 Å². The van der Waals surface area contributed by atoms with Gasteiger partial charge in [-0.2, -0.15) is 5.10 Å². The third-order valence-electron chi connectivity index (χ3n) is 3.42. The number of benzene rings is 1. The van der Waals surface area contributed by atoms with Crippen LogP contribution in [0, 0.1) is 0 Å². The summed E-state index contributed by atoms with van der Waals surface area (Å²) in [6, 6.07) is 10.3. The Morgan fingerprint density at radius 2 is 1.95 bits per heavy atom. The highest BCUT2D eigenvalue weighted by molar-refractivity contribution is 5.79. The van der Waals surface area contributed by atoms with Gasteiger partial charge in [-0.3, -0.25) is 9.36 Å². The minimum atomic E-state index is -0.251. The molecule has 0 radical (unpaired) electrons. The minimum Gasteiger partial charge on any atom is -0.506 e. The van der Waals surface area contributed by atoms with E-state index in [1.165, 1.54) is 10.8 Å². The fourth-order valence-electron chi connectivity index (χ4n) is 2.42. The number of para-hydroxylation sites is 2. The second-order valence-electron chi connectivity index (χ2n) is 4.64. The second-order valence-corrected chi connectivity index (χ2v) is 4.64. The fourth-order valence-corrected chi connectivity index (χ4v) is 2.42. The zero-order chi connectivity index (χ0) is 14.4. The molecule has 0 aliphatic rings. The average molecular weight is 278 g/mol. The predicted molar refractivity (Wildman–Crippen MR) is 77.8 cm³/mol. The second kappa shape index (κ2) is 4.17. The summed E-state index contributed by atoms with van der Waals surface area (Å²) < 4.78 is 3.01. The van der Waals surface area contributed by atoms with E-state index in [0.29, 0.717) is 22.2 Å². The number of hydrogen-bond donors (Lipinski definition) is 1.